The number of hydrogen-bond acceptors (Lipinski definition) is 5. The van der Waals surface area contributed by atoms with Gasteiger partial charge in [-0.05, 0) is 65.9 Å². The van der Waals surface area contributed by atoms with Crippen LogP contribution in [-0.2, 0) is 11.2 Å². The van der Waals surface area contributed by atoms with Gasteiger partial charge >= 0.3 is 0 Å². The van der Waals surface area contributed by atoms with Crippen molar-refractivity contribution in [3.63, 3.8) is 0 Å². The molecule has 35 heavy (non-hydrogen) atoms. The third-order valence-electron chi connectivity index (χ3n) is 7.55. The molecule has 6 heteroatoms. The molecule has 2 fully saturated rings. The molecule has 0 bridgehead atoms. The zero-order chi connectivity index (χ0) is 24.2. The highest BCUT2D eigenvalue weighted by atomic mass is 16.5. The number of pyridine rings is 1. The quantitative estimate of drug-likeness (QED) is 0.593. The first-order chi connectivity index (χ1) is 17.2. The van der Waals surface area contributed by atoms with Crippen molar-refractivity contribution in [2.24, 2.45) is 0 Å². The van der Waals surface area contributed by atoms with Crippen LogP contribution in [0, 0.1) is 0 Å². The standard InChI is InChI=1S/C29H33N3O3/c1-35-25-10-8-23(9-11-25)22-4-6-24(7-5-22)29-26-19-31(16-2-3-17-32(26)27(29)20-33)28(34)18-21-12-14-30-15-13-21/h4-15,26-27,29,33H,2-3,16-20H2,1H3/t26-,27+,29-/m0/s1. The Hall–Kier alpha value is -3.22. The maximum atomic E-state index is 13.2. The normalized spacial score (nSPS) is 22.5. The fourth-order valence-electron chi connectivity index (χ4n) is 5.64. The van der Waals surface area contributed by atoms with Crippen molar-refractivity contribution >= 4 is 5.91 Å². The summed E-state index contributed by atoms with van der Waals surface area (Å²) in [5, 5.41) is 10.2. The molecule has 0 aliphatic carbocycles. The number of aliphatic hydroxyl groups excluding tert-OH is 1. The molecule has 1 amide bonds. The molecular weight excluding hydrogens is 438 g/mol. The monoisotopic (exact) mass is 471 g/mol. The van der Waals surface area contributed by atoms with Gasteiger partial charge in [0, 0.05) is 43.5 Å². The van der Waals surface area contributed by atoms with E-state index in [1.54, 1.807) is 19.5 Å². The summed E-state index contributed by atoms with van der Waals surface area (Å²) in [7, 11) is 1.67. The highest BCUT2D eigenvalue weighted by molar-refractivity contribution is 5.78. The largest absolute Gasteiger partial charge is 0.497 e. The minimum atomic E-state index is 0.0992. The van der Waals surface area contributed by atoms with Crippen molar-refractivity contribution < 1.29 is 14.6 Å². The van der Waals surface area contributed by atoms with E-state index in [-0.39, 0.29) is 30.5 Å². The lowest BCUT2D eigenvalue weighted by molar-refractivity contribution is -0.135. The number of carbonyl (C=O) groups is 1. The number of hydrogen-bond donors (Lipinski definition) is 1. The second kappa shape index (κ2) is 10.6. The summed E-state index contributed by atoms with van der Waals surface area (Å²) in [6.07, 6.45) is 5.90. The van der Waals surface area contributed by atoms with Crippen molar-refractivity contribution in [2.75, 3.05) is 33.4 Å². The SMILES string of the molecule is COc1ccc(-c2ccc([C@@H]3[C@@H](CO)N4CCCCN(C(=O)Cc5ccncc5)C[C@@H]34)cc2)cc1. The smallest absolute Gasteiger partial charge is 0.227 e. The van der Waals surface area contributed by atoms with Crippen molar-refractivity contribution in [1.82, 2.24) is 14.8 Å². The van der Waals surface area contributed by atoms with Gasteiger partial charge in [0.2, 0.25) is 5.91 Å². The molecule has 2 aliphatic rings. The number of benzene rings is 2. The molecule has 2 saturated heterocycles. The minimum absolute atomic E-state index is 0.0992. The van der Waals surface area contributed by atoms with Crippen LogP contribution in [-0.4, -0.2) is 71.2 Å². The lowest BCUT2D eigenvalue weighted by Gasteiger charge is -2.57. The lowest BCUT2D eigenvalue weighted by Crippen LogP contribution is -2.68. The van der Waals surface area contributed by atoms with E-state index < -0.39 is 0 Å². The van der Waals surface area contributed by atoms with Gasteiger partial charge in [0.05, 0.1) is 20.1 Å². The van der Waals surface area contributed by atoms with Crippen LogP contribution in [0.1, 0.15) is 29.9 Å². The zero-order valence-electron chi connectivity index (χ0n) is 20.2. The molecule has 3 aromatic rings. The zero-order valence-corrected chi connectivity index (χ0v) is 20.2. The number of aromatic nitrogens is 1. The van der Waals surface area contributed by atoms with E-state index in [0.717, 1.165) is 48.4 Å². The van der Waals surface area contributed by atoms with E-state index in [1.165, 1.54) is 5.56 Å². The molecule has 1 aromatic heterocycles. The Kier molecular flexibility index (Phi) is 7.11. The van der Waals surface area contributed by atoms with Crippen molar-refractivity contribution in [3.05, 3.63) is 84.2 Å². The van der Waals surface area contributed by atoms with E-state index >= 15 is 0 Å². The third-order valence-corrected chi connectivity index (χ3v) is 7.55. The van der Waals surface area contributed by atoms with Crippen LogP contribution in [0.25, 0.3) is 11.1 Å². The summed E-state index contributed by atoms with van der Waals surface area (Å²) < 4.78 is 5.27. The summed E-state index contributed by atoms with van der Waals surface area (Å²) in [6, 6.07) is 20.9. The van der Waals surface area contributed by atoms with E-state index in [9.17, 15) is 9.90 Å². The first kappa shape index (κ1) is 23.5. The Morgan fingerprint density at radius 3 is 2.29 bits per heavy atom. The average Bonchev–Trinajstić information content (AvgIpc) is 2.89. The molecule has 182 valence electrons. The fourth-order valence-corrected chi connectivity index (χ4v) is 5.64. The van der Waals surface area contributed by atoms with Gasteiger partial charge < -0.3 is 14.7 Å². The Labute approximate surface area is 207 Å². The Morgan fingerprint density at radius 2 is 1.63 bits per heavy atom. The lowest BCUT2D eigenvalue weighted by atomic mass is 9.74. The van der Waals surface area contributed by atoms with Crippen LogP contribution < -0.4 is 4.74 Å². The number of aliphatic hydroxyl groups is 1. The Balaban J connectivity index is 1.33. The first-order valence-corrected chi connectivity index (χ1v) is 12.5. The summed E-state index contributed by atoms with van der Waals surface area (Å²) in [5.41, 5.74) is 4.52. The maximum Gasteiger partial charge on any atom is 0.227 e. The molecule has 2 aliphatic heterocycles. The second-order valence-corrected chi connectivity index (χ2v) is 9.51. The van der Waals surface area contributed by atoms with E-state index in [0.29, 0.717) is 13.0 Å². The van der Waals surface area contributed by atoms with Crippen LogP contribution in [0.5, 0.6) is 5.75 Å². The van der Waals surface area contributed by atoms with Gasteiger partial charge in [-0.25, -0.2) is 0 Å². The van der Waals surface area contributed by atoms with Gasteiger partial charge in [0.25, 0.3) is 0 Å². The molecule has 6 nitrogen and oxygen atoms in total. The minimum Gasteiger partial charge on any atom is -0.497 e. The maximum absolute atomic E-state index is 13.2. The Bertz CT molecular complexity index is 1120. The van der Waals surface area contributed by atoms with Gasteiger partial charge in [-0.15, -0.1) is 0 Å². The van der Waals surface area contributed by atoms with Crippen molar-refractivity contribution in [1.29, 1.82) is 0 Å². The number of amides is 1. The molecule has 0 spiro atoms. The number of methoxy groups -OCH3 is 1. The highest BCUT2D eigenvalue weighted by Crippen LogP contribution is 2.42. The molecule has 0 unspecified atom stereocenters. The van der Waals surface area contributed by atoms with Crippen LogP contribution >= 0.6 is 0 Å². The van der Waals surface area contributed by atoms with Crippen molar-refractivity contribution in [3.8, 4) is 16.9 Å². The number of ether oxygens (including phenoxy) is 1. The number of fused-ring (bicyclic) bond motifs is 1. The average molecular weight is 472 g/mol. The number of nitrogens with zero attached hydrogens (tertiary/aromatic N) is 3. The summed E-state index contributed by atoms with van der Waals surface area (Å²) in [4.78, 5) is 21.7. The van der Waals surface area contributed by atoms with E-state index in [4.69, 9.17) is 4.74 Å². The Morgan fingerprint density at radius 1 is 0.971 bits per heavy atom. The molecular formula is C29H33N3O3. The number of carbonyl (C=O) groups excluding carboxylic acids is 1. The van der Waals surface area contributed by atoms with E-state index in [1.807, 2.05) is 29.2 Å². The van der Waals surface area contributed by atoms with Crippen LogP contribution in [0.3, 0.4) is 0 Å². The molecule has 0 radical (unpaired) electrons. The molecule has 3 heterocycles. The molecule has 1 N–H and O–H groups in total. The number of rotatable bonds is 6. The van der Waals surface area contributed by atoms with Crippen LogP contribution in [0.4, 0.5) is 0 Å². The predicted octanol–water partition coefficient (Wildman–Crippen LogP) is 3.75. The molecule has 3 atom stereocenters. The molecule has 0 saturated carbocycles. The first-order valence-electron chi connectivity index (χ1n) is 12.5. The summed E-state index contributed by atoms with van der Waals surface area (Å²) >= 11 is 0. The van der Waals surface area contributed by atoms with Gasteiger partial charge in [0.1, 0.15) is 5.75 Å². The van der Waals surface area contributed by atoms with Gasteiger partial charge in [-0.3, -0.25) is 14.7 Å². The second-order valence-electron chi connectivity index (χ2n) is 9.51. The van der Waals surface area contributed by atoms with E-state index in [2.05, 4.69) is 46.3 Å². The van der Waals surface area contributed by atoms with Crippen molar-refractivity contribution in [2.45, 2.75) is 37.3 Å². The summed E-state index contributed by atoms with van der Waals surface area (Å²) in [5.74, 6) is 1.22. The summed E-state index contributed by atoms with van der Waals surface area (Å²) in [6.45, 7) is 2.60. The predicted molar refractivity (Wildman–Crippen MR) is 136 cm³/mol. The van der Waals surface area contributed by atoms with Gasteiger partial charge in [-0.1, -0.05) is 36.4 Å². The van der Waals surface area contributed by atoms with Crippen LogP contribution in [0.15, 0.2) is 73.1 Å². The third kappa shape index (κ3) is 4.95. The molecule has 2 aromatic carbocycles. The topological polar surface area (TPSA) is 65.9 Å². The molecule has 5 rings (SSSR count). The van der Waals surface area contributed by atoms with Crippen LogP contribution in [0.2, 0.25) is 0 Å². The fraction of sp³-hybridized carbons (Fsp3) is 0.379. The van der Waals surface area contributed by atoms with Gasteiger partial charge in [-0.2, -0.15) is 0 Å². The highest BCUT2D eigenvalue weighted by Gasteiger charge is 2.49. The van der Waals surface area contributed by atoms with Gasteiger partial charge in [0.15, 0.2) is 0 Å².